The van der Waals surface area contributed by atoms with Gasteiger partial charge in [-0.1, -0.05) is 18.2 Å². The largest absolute Gasteiger partial charge is 0.493 e. The third kappa shape index (κ3) is 3.47. The number of carbonyl (C=O) groups excluding carboxylic acids is 1. The van der Waals surface area contributed by atoms with Gasteiger partial charge in [-0.3, -0.25) is 4.79 Å². The van der Waals surface area contributed by atoms with Crippen LogP contribution in [0.5, 0.6) is 5.75 Å². The van der Waals surface area contributed by atoms with Crippen molar-refractivity contribution in [3.63, 3.8) is 0 Å². The maximum atomic E-state index is 11.8. The minimum atomic E-state index is -0.361. The molecule has 1 aliphatic rings. The number of amides is 1. The lowest BCUT2D eigenvalue weighted by molar-refractivity contribution is -0.125. The molecule has 104 valence electrons. The molecular weight excluding hydrogens is 242 g/mol. The fourth-order valence-corrected chi connectivity index (χ4v) is 2.26. The molecular formula is C15H21NO3. The first-order chi connectivity index (χ1) is 9.15. The third-order valence-electron chi connectivity index (χ3n) is 3.70. The lowest BCUT2D eigenvalue weighted by Crippen LogP contribution is -2.56. The Kier molecular flexibility index (Phi) is 4.43. The first-order valence-corrected chi connectivity index (χ1v) is 6.75. The summed E-state index contributed by atoms with van der Waals surface area (Å²) in [4.78, 5) is 11.8. The van der Waals surface area contributed by atoms with Gasteiger partial charge >= 0.3 is 0 Å². The van der Waals surface area contributed by atoms with Crippen LogP contribution in [0.2, 0.25) is 0 Å². The molecule has 0 unspecified atom stereocenters. The number of para-hydroxylation sites is 1. The minimum absolute atomic E-state index is 0.0252. The number of hydrogen-bond acceptors (Lipinski definition) is 3. The highest BCUT2D eigenvalue weighted by Crippen LogP contribution is 2.31. The molecule has 0 radical (unpaired) electrons. The Labute approximate surface area is 113 Å². The van der Waals surface area contributed by atoms with Gasteiger partial charge < -0.3 is 15.2 Å². The highest BCUT2D eigenvalue weighted by atomic mass is 16.5. The molecule has 1 fully saturated rings. The minimum Gasteiger partial charge on any atom is -0.493 e. The second kappa shape index (κ2) is 6.06. The monoisotopic (exact) mass is 263 g/mol. The molecule has 4 heteroatoms. The van der Waals surface area contributed by atoms with Crippen molar-refractivity contribution in [2.45, 2.75) is 38.1 Å². The predicted molar refractivity (Wildman–Crippen MR) is 73.1 cm³/mol. The van der Waals surface area contributed by atoms with Gasteiger partial charge in [0.05, 0.1) is 25.2 Å². The Bertz CT molecular complexity index is 435. The fourth-order valence-electron chi connectivity index (χ4n) is 2.26. The Balaban J connectivity index is 1.74. The summed E-state index contributed by atoms with van der Waals surface area (Å²) < 4.78 is 5.58. The van der Waals surface area contributed by atoms with Crippen LogP contribution in [0.1, 0.15) is 31.2 Å². The summed E-state index contributed by atoms with van der Waals surface area (Å²) in [7, 11) is 0. The summed E-state index contributed by atoms with van der Waals surface area (Å²) in [5, 5.41) is 12.2. The average Bonchev–Trinajstić information content (AvgIpc) is 2.36. The molecule has 1 saturated carbocycles. The molecule has 4 nitrogen and oxygen atoms in total. The molecule has 0 saturated heterocycles. The Morgan fingerprint density at radius 2 is 2.16 bits per heavy atom. The van der Waals surface area contributed by atoms with Gasteiger partial charge in [-0.25, -0.2) is 0 Å². The van der Waals surface area contributed by atoms with Crippen molar-refractivity contribution in [2.75, 3.05) is 13.2 Å². The van der Waals surface area contributed by atoms with Crippen LogP contribution in [0, 0.1) is 6.92 Å². The first-order valence-electron chi connectivity index (χ1n) is 6.75. The normalized spacial score (nSPS) is 16.5. The van der Waals surface area contributed by atoms with Gasteiger partial charge in [0.1, 0.15) is 5.75 Å². The topological polar surface area (TPSA) is 58.6 Å². The van der Waals surface area contributed by atoms with E-state index in [0.717, 1.165) is 30.6 Å². The predicted octanol–water partition coefficient (Wildman–Crippen LogP) is 1.80. The smallest absolute Gasteiger partial charge is 0.223 e. The van der Waals surface area contributed by atoms with E-state index in [1.165, 1.54) is 0 Å². The van der Waals surface area contributed by atoms with Crippen LogP contribution in [0.25, 0.3) is 0 Å². The standard InChI is InChI=1S/C15H21NO3/c1-12-5-2-3-6-13(12)19-10-7-14(18)16-15(11-17)8-4-9-15/h2-3,5-6,17H,4,7-11H2,1H3,(H,16,18). The van der Waals surface area contributed by atoms with Gasteiger partial charge in [0.15, 0.2) is 0 Å². The number of rotatable bonds is 6. The van der Waals surface area contributed by atoms with E-state index in [1.54, 1.807) is 0 Å². The van der Waals surface area contributed by atoms with Gasteiger partial charge in [0.2, 0.25) is 5.91 Å². The maximum absolute atomic E-state index is 11.8. The van der Waals surface area contributed by atoms with Crippen LogP contribution in [0.3, 0.4) is 0 Å². The highest BCUT2D eigenvalue weighted by Gasteiger charge is 2.37. The fraction of sp³-hybridized carbons (Fsp3) is 0.533. The molecule has 1 aromatic carbocycles. The van der Waals surface area contributed by atoms with Crippen LogP contribution >= 0.6 is 0 Å². The van der Waals surface area contributed by atoms with E-state index < -0.39 is 0 Å². The lowest BCUT2D eigenvalue weighted by atomic mass is 9.77. The van der Waals surface area contributed by atoms with Crippen molar-refractivity contribution in [1.29, 1.82) is 0 Å². The molecule has 2 N–H and O–H groups in total. The number of aryl methyl sites for hydroxylation is 1. The van der Waals surface area contributed by atoms with Gasteiger partial charge in [0.25, 0.3) is 0 Å². The molecule has 0 heterocycles. The van der Waals surface area contributed by atoms with Crippen LogP contribution in [-0.2, 0) is 4.79 Å². The number of hydrogen-bond donors (Lipinski definition) is 2. The van der Waals surface area contributed by atoms with Crippen LogP contribution in [0.15, 0.2) is 24.3 Å². The molecule has 19 heavy (non-hydrogen) atoms. The van der Waals surface area contributed by atoms with E-state index in [4.69, 9.17) is 4.74 Å². The summed E-state index contributed by atoms with van der Waals surface area (Å²) in [5.74, 6) is 0.762. The Morgan fingerprint density at radius 1 is 1.42 bits per heavy atom. The second-order valence-electron chi connectivity index (χ2n) is 5.20. The van der Waals surface area contributed by atoms with E-state index in [9.17, 15) is 9.90 Å². The van der Waals surface area contributed by atoms with Crippen LogP contribution < -0.4 is 10.1 Å². The number of aliphatic hydroxyl groups excluding tert-OH is 1. The molecule has 1 aliphatic carbocycles. The van der Waals surface area contributed by atoms with Crippen molar-refractivity contribution >= 4 is 5.91 Å². The summed E-state index contributed by atoms with van der Waals surface area (Å²) in [5.41, 5.74) is 0.702. The second-order valence-corrected chi connectivity index (χ2v) is 5.20. The van der Waals surface area contributed by atoms with E-state index in [-0.39, 0.29) is 18.1 Å². The molecule has 0 aromatic heterocycles. The van der Waals surface area contributed by atoms with Crippen molar-refractivity contribution in [3.05, 3.63) is 29.8 Å². The quantitative estimate of drug-likeness (QED) is 0.822. The summed E-state index contributed by atoms with van der Waals surface area (Å²) in [6, 6.07) is 7.74. The van der Waals surface area contributed by atoms with Gasteiger partial charge in [-0.05, 0) is 37.8 Å². The van der Waals surface area contributed by atoms with Crippen molar-refractivity contribution in [2.24, 2.45) is 0 Å². The first kappa shape index (κ1) is 13.9. The number of ether oxygens (including phenoxy) is 1. The number of benzene rings is 1. The summed E-state index contributed by atoms with van der Waals surface area (Å²) in [6.45, 7) is 2.36. The molecule has 1 aromatic rings. The molecule has 0 spiro atoms. The van der Waals surface area contributed by atoms with Crippen molar-refractivity contribution in [3.8, 4) is 5.75 Å². The van der Waals surface area contributed by atoms with E-state index >= 15 is 0 Å². The number of nitrogens with one attached hydrogen (secondary N) is 1. The Hall–Kier alpha value is -1.55. The average molecular weight is 263 g/mol. The van der Waals surface area contributed by atoms with Crippen molar-refractivity contribution in [1.82, 2.24) is 5.32 Å². The number of carbonyl (C=O) groups is 1. The Morgan fingerprint density at radius 3 is 2.74 bits per heavy atom. The number of aliphatic hydroxyl groups is 1. The van der Waals surface area contributed by atoms with Gasteiger partial charge in [-0.2, -0.15) is 0 Å². The zero-order valence-electron chi connectivity index (χ0n) is 11.3. The molecule has 0 atom stereocenters. The van der Waals surface area contributed by atoms with Gasteiger partial charge in [-0.15, -0.1) is 0 Å². The van der Waals surface area contributed by atoms with Crippen molar-refractivity contribution < 1.29 is 14.6 Å². The van der Waals surface area contributed by atoms with Crippen LogP contribution in [-0.4, -0.2) is 29.8 Å². The van der Waals surface area contributed by atoms with Crippen LogP contribution in [0.4, 0.5) is 0 Å². The SMILES string of the molecule is Cc1ccccc1OCCC(=O)NC1(CO)CCC1. The zero-order chi connectivity index (χ0) is 13.7. The summed E-state index contributed by atoms with van der Waals surface area (Å²) >= 11 is 0. The van der Waals surface area contributed by atoms with E-state index in [0.29, 0.717) is 13.0 Å². The molecule has 0 bridgehead atoms. The maximum Gasteiger partial charge on any atom is 0.223 e. The van der Waals surface area contributed by atoms with Gasteiger partial charge in [0, 0.05) is 0 Å². The molecule has 2 rings (SSSR count). The van der Waals surface area contributed by atoms with E-state index in [1.807, 2.05) is 31.2 Å². The van der Waals surface area contributed by atoms with E-state index in [2.05, 4.69) is 5.32 Å². The molecule has 1 amide bonds. The zero-order valence-corrected chi connectivity index (χ0v) is 11.3. The molecule has 0 aliphatic heterocycles. The highest BCUT2D eigenvalue weighted by molar-refractivity contribution is 5.77. The third-order valence-corrected chi connectivity index (χ3v) is 3.70. The lowest BCUT2D eigenvalue weighted by Gasteiger charge is -2.40. The summed E-state index contributed by atoms with van der Waals surface area (Å²) in [6.07, 6.45) is 3.12.